The summed E-state index contributed by atoms with van der Waals surface area (Å²) >= 11 is 0. The molecule has 96 valence electrons. The van der Waals surface area contributed by atoms with Gasteiger partial charge in [-0.15, -0.1) is 0 Å². The topological polar surface area (TPSA) is 63.3 Å². The summed E-state index contributed by atoms with van der Waals surface area (Å²) in [7, 11) is 0. The third-order valence-corrected chi connectivity index (χ3v) is 4.49. The first-order valence-electron chi connectivity index (χ1n) is 6.81. The number of hydrogen-bond acceptors (Lipinski definition) is 2. The molecule has 0 spiro atoms. The molecule has 3 heteroatoms. The Balaban J connectivity index is 1.65. The first-order chi connectivity index (χ1) is 8.18. The van der Waals surface area contributed by atoms with Gasteiger partial charge >= 0.3 is 5.97 Å². The van der Waals surface area contributed by atoms with Crippen LogP contribution in [0.25, 0.3) is 0 Å². The summed E-state index contributed by atoms with van der Waals surface area (Å²) in [4.78, 5) is 10.3. The van der Waals surface area contributed by atoms with Gasteiger partial charge in [0, 0.05) is 12.5 Å². The van der Waals surface area contributed by atoms with E-state index in [1.807, 2.05) is 0 Å². The molecular weight excluding hydrogens is 214 g/mol. The van der Waals surface area contributed by atoms with Crippen molar-refractivity contribution in [1.82, 2.24) is 0 Å². The molecule has 0 aromatic heterocycles. The van der Waals surface area contributed by atoms with Crippen LogP contribution in [0.1, 0.15) is 44.9 Å². The maximum Gasteiger partial charge on any atom is 0.303 e. The van der Waals surface area contributed by atoms with Crippen molar-refractivity contribution in [2.24, 2.45) is 23.5 Å². The Labute approximate surface area is 103 Å². The van der Waals surface area contributed by atoms with E-state index in [0.717, 1.165) is 31.1 Å². The van der Waals surface area contributed by atoms with Crippen LogP contribution < -0.4 is 5.73 Å². The molecule has 2 bridgehead atoms. The lowest BCUT2D eigenvalue weighted by Crippen LogP contribution is -2.35. The van der Waals surface area contributed by atoms with Crippen LogP contribution in [-0.4, -0.2) is 17.1 Å². The van der Waals surface area contributed by atoms with Crippen molar-refractivity contribution in [1.29, 1.82) is 0 Å². The Morgan fingerprint density at radius 2 is 2.06 bits per heavy atom. The van der Waals surface area contributed by atoms with Crippen molar-refractivity contribution >= 4 is 5.97 Å². The first-order valence-corrected chi connectivity index (χ1v) is 6.81. The van der Waals surface area contributed by atoms with Gasteiger partial charge in [0.2, 0.25) is 0 Å². The Kier molecular flexibility index (Phi) is 4.21. The summed E-state index contributed by atoms with van der Waals surface area (Å²) in [5.74, 6) is 1.63. The second-order valence-corrected chi connectivity index (χ2v) is 5.57. The molecule has 0 amide bonds. The summed E-state index contributed by atoms with van der Waals surface area (Å²) in [6.45, 7) is 0. The number of rotatable bonds is 6. The van der Waals surface area contributed by atoms with E-state index in [1.165, 1.54) is 19.3 Å². The number of carboxylic acid groups (broad SMARTS) is 1. The maximum absolute atomic E-state index is 10.3. The van der Waals surface area contributed by atoms with E-state index in [0.29, 0.717) is 12.0 Å². The van der Waals surface area contributed by atoms with E-state index in [4.69, 9.17) is 10.8 Å². The van der Waals surface area contributed by atoms with Gasteiger partial charge in [-0.2, -0.15) is 0 Å². The molecule has 2 rings (SSSR count). The zero-order valence-electron chi connectivity index (χ0n) is 10.3. The van der Waals surface area contributed by atoms with Gasteiger partial charge in [-0.3, -0.25) is 4.79 Å². The van der Waals surface area contributed by atoms with Gasteiger partial charge in [0.05, 0.1) is 0 Å². The SMILES string of the molecule is N[C@@H]1[C@@H]2CC[C@@H](C2)[C@H]1C/C=C\CCCC(=O)O. The maximum atomic E-state index is 10.3. The second kappa shape index (κ2) is 5.67. The van der Waals surface area contributed by atoms with Gasteiger partial charge in [-0.1, -0.05) is 12.2 Å². The highest BCUT2D eigenvalue weighted by Crippen LogP contribution is 2.48. The molecule has 0 aromatic carbocycles. The number of allylic oxidation sites excluding steroid dienone is 2. The monoisotopic (exact) mass is 237 g/mol. The van der Waals surface area contributed by atoms with Gasteiger partial charge in [0.25, 0.3) is 0 Å². The zero-order chi connectivity index (χ0) is 12.3. The minimum Gasteiger partial charge on any atom is -0.481 e. The van der Waals surface area contributed by atoms with E-state index in [1.54, 1.807) is 0 Å². The molecule has 2 aliphatic carbocycles. The van der Waals surface area contributed by atoms with E-state index in [-0.39, 0.29) is 6.42 Å². The van der Waals surface area contributed by atoms with Crippen LogP contribution in [0.5, 0.6) is 0 Å². The molecule has 17 heavy (non-hydrogen) atoms. The third kappa shape index (κ3) is 3.09. The molecule has 4 atom stereocenters. The molecule has 3 nitrogen and oxygen atoms in total. The Hall–Kier alpha value is -0.830. The normalized spacial score (nSPS) is 35.8. The quantitative estimate of drug-likeness (QED) is 0.551. The number of unbranched alkanes of at least 4 members (excludes halogenated alkanes) is 1. The summed E-state index contributed by atoms with van der Waals surface area (Å²) < 4.78 is 0. The minimum absolute atomic E-state index is 0.276. The van der Waals surface area contributed by atoms with Gasteiger partial charge in [-0.25, -0.2) is 0 Å². The van der Waals surface area contributed by atoms with Gasteiger partial charge < -0.3 is 10.8 Å². The van der Waals surface area contributed by atoms with Crippen molar-refractivity contribution in [2.75, 3.05) is 0 Å². The summed E-state index contributed by atoms with van der Waals surface area (Å²) in [5, 5.41) is 8.51. The summed E-state index contributed by atoms with van der Waals surface area (Å²) in [6, 6.07) is 0.414. The predicted octanol–water partition coefficient (Wildman–Crippen LogP) is 2.56. The molecule has 0 radical (unpaired) electrons. The summed E-state index contributed by atoms with van der Waals surface area (Å²) in [6.07, 6.45) is 11.4. The smallest absolute Gasteiger partial charge is 0.303 e. The molecule has 2 saturated carbocycles. The molecule has 0 aliphatic heterocycles. The van der Waals surface area contributed by atoms with Crippen LogP contribution in [0.3, 0.4) is 0 Å². The number of carboxylic acids is 1. The standard InChI is InChI=1S/C14H23NO2/c15-14-11-8-7-10(9-11)12(14)5-3-1-2-4-6-13(16)17/h1,3,10-12,14H,2,4-9,15H2,(H,16,17)/b3-1-/t10-,11+,12+,14+/m0/s1. The van der Waals surface area contributed by atoms with E-state index < -0.39 is 5.97 Å². The molecule has 2 aliphatic rings. The highest BCUT2D eigenvalue weighted by molar-refractivity contribution is 5.66. The van der Waals surface area contributed by atoms with Crippen LogP contribution in [0.2, 0.25) is 0 Å². The molecule has 0 unspecified atom stereocenters. The molecule has 0 aromatic rings. The Bertz CT molecular complexity index is 299. The Morgan fingerprint density at radius 1 is 1.29 bits per heavy atom. The lowest BCUT2D eigenvalue weighted by atomic mass is 9.83. The van der Waals surface area contributed by atoms with Crippen LogP contribution >= 0.6 is 0 Å². The van der Waals surface area contributed by atoms with Crippen molar-refractivity contribution in [2.45, 2.75) is 51.0 Å². The van der Waals surface area contributed by atoms with E-state index >= 15 is 0 Å². The number of hydrogen-bond donors (Lipinski definition) is 2. The van der Waals surface area contributed by atoms with Gasteiger partial charge in [0.15, 0.2) is 0 Å². The van der Waals surface area contributed by atoms with Crippen LogP contribution in [0.4, 0.5) is 0 Å². The van der Waals surface area contributed by atoms with E-state index in [2.05, 4.69) is 12.2 Å². The zero-order valence-corrected chi connectivity index (χ0v) is 10.3. The fraction of sp³-hybridized carbons (Fsp3) is 0.786. The number of fused-ring (bicyclic) bond motifs is 2. The predicted molar refractivity (Wildman–Crippen MR) is 67.5 cm³/mol. The lowest BCUT2D eigenvalue weighted by Gasteiger charge is -2.27. The largest absolute Gasteiger partial charge is 0.481 e. The highest BCUT2D eigenvalue weighted by atomic mass is 16.4. The van der Waals surface area contributed by atoms with Crippen molar-refractivity contribution in [3.05, 3.63) is 12.2 Å². The number of aliphatic carboxylic acids is 1. The molecule has 0 heterocycles. The molecule has 0 saturated heterocycles. The lowest BCUT2D eigenvalue weighted by molar-refractivity contribution is -0.137. The number of nitrogens with two attached hydrogens (primary N) is 1. The molecule has 2 fully saturated rings. The van der Waals surface area contributed by atoms with Crippen molar-refractivity contribution in [3.8, 4) is 0 Å². The summed E-state index contributed by atoms with van der Waals surface area (Å²) in [5.41, 5.74) is 6.23. The first kappa shape index (κ1) is 12.6. The fourth-order valence-electron chi connectivity index (χ4n) is 3.55. The average molecular weight is 237 g/mol. The van der Waals surface area contributed by atoms with Crippen LogP contribution in [-0.2, 0) is 4.79 Å². The van der Waals surface area contributed by atoms with Crippen molar-refractivity contribution < 1.29 is 9.90 Å². The van der Waals surface area contributed by atoms with Crippen LogP contribution in [0.15, 0.2) is 12.2 Å². The fourth-order valence-corrected chi connectivity index (χ4v) is 3.55. The third-order valence-electron chi connectivity index (χ3n) is 4.49. The average Bonchev–Trinajstić information content (AvgIpc) is 2.85. The van der Waals surface area contributed by atoms with Gasteiger partial charge in [0.1, 0.15) is 0 Å². The number of carbonyl (C=O) groups is 1. The minimum atomic E-state index is -0.700. The Morgan fingerprint density at radius 3 is 2.71 bits per heavy atom. The second-order valence-electron chi connectivity index (χ2n) is 5.57. The van der Waals surface area contributed by atoms with Gasteiger partial charge in [-0.05, 0) is 56.3 Å². The van der Waals surface area contributed by atoms with E-state index in [9.17, 15) is 4.79 Å². The molecular formula is C14H23NO2. The molecule has 3 N–H and O–H groups in total. The highest BCUT2D eigenvalue weighted by Gasteiger charge is 2.44. The van der Waals surface area contributed by atoms with Crippen LogP contribution in [0, 0.1) is 17.8 Å². The van der Waals surface area contributed by atoms with Crippen molar-refractivity contribution in [3.63, 3.8) is 0 Å².